The number of rotatable bonds is 8. The summed E-state index contributed by atoms with van der Waals surface area (Å²) in [5.74, 6) is -2.25. The summed E-state index contributed by atoms with van der Waals surface area (Å²) in [5, 5.41) is 16.7. The van der Waals surface area contributed by atoms with E-state index in [0.29, 0.717) is 31.8 Å². The lowest BCUT2D eigenvalue weighted by Gasteiger charge is -2.10. The minimum atomic E-state index is -5.08. The van der Waals surface area contributed by atoms with Crippen LogP contribution in [0.3, 0.4) is 0 Å². The Hall–Kier alpha value is -2.33. The summed E-state index contributed by atoms with van der Waals surface area (Å²) < 4.78 is 42.0. The zero-order valence-electron chi connectivity index (χ0n) is 14.2. The van der Waals surface area contributed by atoms with Gasteiger partial charge in [0.1, 0.15) is 5.75 Å². The smallest absolute Gasteiger partial charge is 0.490 e. The van der Waals surface area contributed by atoms with E-state index in [1.807, 2.05) is 0 Å². The van der Waals surface area contributed by atoms with Gasteiger partial charge in [-0.25, -0.2) is 4.79 Å². The van der Waals surface area contributed by atoms with Gasteiger partial charge >= 0.3 is 18.1 Å². The maximum absolute atomic E-state index is 11.1. The van der Waals surface area contributed by atoms with Gasteiger partial charge in [0.25, 0.3) is 0 Å². The zero-order valence-corrected chi connectivity index (χ0v) is 14.2. The number of alkyl halides is 3. The number of esters is 1. The van der Waals surface area contributed by atoms with Crippen LogP contribution < -0.4 is 10.5 Å². The molecule has 1 aromatic carbocycles. The van der Waals surface area contributed by atoms with Crippen molar-refractivity contribution < 1.29 is 42.4 Å². The molecular formula is C16H22F3NO6. The van der Waals surface area contributed by atoms with Gasteiger partial charge in [-0.2, -0.15) is 13.2 Å². The molecule has 0 aliphatic carbocycles. The van der Waals surface area contributed by atoms with Gasteiger partial charge in [0, 0.05) is 13.0 Å². The Labute approximate surface area is 148 Å². The summed E-state index contributed by atoms with van der Waals surface area (Å²) in [6.45, 7) is 2.84. The van der Waals surface area contributed by atoms with Crippen molar-refractivity contribution in [3.05, 3.63) is 29.8 Å². The third-order valence-electron chi connectivity index (χ3n) is 2.83. The van der Waals surface area contributed by atoms with E-state index in [-0.39, 0.29) is 12.5 Å². The highest BCUT2D eigenvalue weighted by Crippen LogP contribution is 2.17. The van der Waals surface area contributed by atoms with E-state index in [2.05, 4.69) is 0 Å². The van der Waals surface area contributed by atoms with Gasteiger partial charge in [0.15, 0.2) is 0 Å². The highest BCUT2D eigenvalue weighted by Gasteiger charge is 2.38. The van der Waals surface area contributed by atoms with Gasteiger partial charge in [-0.3, -0.25) is 4.79 Å². The van der Waals surface area contributed by atoms with Crippen LogP contribution in [0.1, 0.15) is 31.4 Å². The molecule has 1 atom stereocenters. The molecular weight excluding hydrogens is 359 g/mol. The number of aliphatic carboxylic acids is 1. The number of aliphatic hydroxyl groups excluding tert-OH is 1. The molecule has 1 unspecified atom stereocenters. The molecule has 0 heterocycles. The van der Waals surface area contributed by atoms with Gasteiger partial charge in [0.05, 0.1) is 19.3 Å². The number of nitrogens with two attached hydrogens (primary N) is 1. The SMILES string of the molecule is CCOC(=O)CCCOc1ccc(C(O)CN)cc1.O=C(O)C(F)(F)F. The van der Waals surface area contributed by atoms with Crippen molar-refractivity contribution >= 4 is 11.9 Å². The Balaban J connectivity index is 0.000000758. The second kappa shape index (κ2) is 12.1. The van der Waals surface area contributed by atoms with E-state index < -0.39 is 18.2 Å². The molecule has 0 fully saturated rings. The number of carbonyl (C=O) groups excluding carboxylic acids is 1. The first-order valence-corrected chi connectivity index (χ1v) is 7.68. The third kappa shape index (κ3) is 10.5. The Morgan fingerprint density at radius 1 is 1.23 bits per heavy atom. The number of carbonyl (C=O) groups is 2. The lowest BCUT2D eigenvalue weighted by molar-refractivity contribution is -0.192. The summed E-state index contributed by atoms with van der Waals surface area (Å²) in [5.41, 5.74) is 6.13. The van der Waals surface area contributed by atoms with E-state index in [1.54, 1.807) is 31.2 Å². The Bertz CT molecular complexity index is 548. The third-order valence-corrected chi connectivity index (χ3v) is 2.83. The van der Waals surface area contributed by atoms with Crippen LogP contribution in [-0.2, 0) is 14.3 Å². The van der Waals surface area contributed by atoms with Crippen LogP contribution >= 0.6 is 0 Å². The molecule has 0 aliphatic rings. The Morgan fingerprint density at radius 2 is 1.77 bits per heavy atom. The lowest BCUT2D eigenvalue weighted by atomic mass is 10.1. The second-order valence-corrected chi connectivity index (χ2v) is 4.88. The van der Waals surface area contributed by atoms with E-state index in [0.717, 1.165) is 5.56 Å². The van der Waals surface area contributed by atoms with Crippen molar-refractivity contribution in [2.45, 2.75) is 32.0 Å². The monoisotopic (exact) mass is 381 g/mol. The number of carboxylic acid groups (broad SMARTS) is 1. The van der Waals surface area contributed by atoms with Crippen molar-refractivity contribution in [2.75, 3.05) is 19.8 Å². The topological polar surface area (TPSA) is 119 Å². The van der Waals surface area contributed by atoms with Crippen LogP contribution in [-0.4, -0.2) is 48.1 Å². The van der Waals surface area contributed by atoms with Crippen LogP contribution in [0.5, 0.6) is 5.75 Å². The van der Waals surface area contributed by atoms with Crippen molar-refractivity contribution in [3.63, 3.8) is 0 Å². The molecule has 0 aromatic heterocycles. The number of carboxylic acids is 1. The lowest BCUT2D eigenvalue weighted by Crippen LogP contribution is -2.21. The van der Waals surface area contributed by atoms with Gasteiger partial charge in [-0.15, -0.1) is 0 Å². The van der Waals surface area contributed by atoms with E-state index in [4.69, 9.17) is 25.1 Å². The number of aliphatic hydroxyl groups is 1. The molecule has 0 saturated heterocycles. The summed E-state index contributed by atoms with van der Waals surface area (Å²) in [4.78, 5) is 20.0. The summed E-state index contributed by atoms with van der Waals surface area (Å²) in [6, 6.07) is 7.10. The fourth-order valence-electron chi connectivity index (χ4n) is 1.56. The van der Waals surface area contributed by atoms with E-state index in [9.17, 15) is 23.1 Å². The second-order valence-electron chi connectivity index (χ2n) is 4.88. The maximum atomic E-state index is 11.1. The fraction of sp³-hybridized carbons (Fsp3) is 0.500. The molecule has 7 nitrogen and oxygen atoms in total. The van der Waals surface area contributed by atoms with Crippen LogP contribution in [0.2, 0.25) is 0 Å². The molecule has 10 heteroatoms. The van der Waals surface area contributed by atoms with Crippen LogP contribution in [0, 0.1) is 0 Å². The molecule has 0 bridgehead atoms. The summed E-state index contributed by atoms with van der Waals surface area (Å²) in [6.07, 6.45) is -4.75. The summed E-state index contributed by atoms with van der Waals surface area (Å²) in [7, 11) is 0. The average molecular weight is 381 g/mol. The summed E-state index contributed by atoms with van der Waals surface area (Å²) >= 11 is 0. The molecule has 1 aromatic rings. The quantitative estimate of drug-likeness (QED) is 0.466. The zero-order chi connectivity index (χ0) is 20.2. The standard InChI is InChI=1S/C14H21NO4.C2HF3O2/c1-2-18-14(17)4-3-9-19-12-7-5-11(6-8-12)13(16)10-15;3-2(4,5)1(6)7/h5-8,13,16H,2-4,9-10,15H2,1H3;(H,6,7). The van der Waals surface area contributed by atoms with Crippen molar-refractivity contribution in [1.82, 2.24) is 0 Å². The number of halogens is 3. The van der Waals surface area contributed by atoms with Gasteiger partial charge in [-0.05, 0) is 31.0 Å². The van der Waals surface area contributed by atoms with Crippen LogP contribution in [0.4, 0.5) is 13.2 Å². The normalized spacial score (nSPS) is 11.8. The Morgan fingerprint density at radius 3 is 2.19 bits per heavy atom. The van der Waals surface area contributed by atoms with Crippen LogP contribution in [0.15, 0.2) is 24.3 Å². The molecule has 0 saturated carbocycles. The number of benzene rings is 1. The van der Waals surface area contributed by atoms with Crippen molar-refractivity contribution in [3.8, 4) is 5.75 Å². The van der Waals surface area contributed by atoms with E-state index in [1.165, 1.54) is 0 Å². The minimum Gasteiger partial charge on any atom is -0.494 e. The predicted octanol–water partition coefficient (Wildman–Crippen LogP) is 2.03. The van der Waals surface area contributed by atoms with E-state index >= 15 is 0 Å². The molecule has 0 radical (unpaired) electrons. The molecule has 148 valence electrons. The number of hydrogen-bond acceptors (Lipinski definition) is 6. The average Bonchev–Trinajstić information content (AvgIpc) is 2.58. The maximum Gasteiger partial charge on any atom is 0.490 e. The molecule has 0 amide bonds. The predicted molar refractivity (Wildman–Crippen MR) is 85.5 cm³/mol. The Kier molecular flexibility index (Phi) is 11.0. The minimum absolute atomic E-state index is 0.194. The fourth-order valence-corrected chi connectivity index (χ4v) is 1.56. The molecule has 26 heavy (non-hydrogen) atoms. The van der Waals surface area contributed by atoms with Crippen molar-refractivity contribution in [1.29, 1.82) is 0 Å². The van der Waals surface area contributed by atoms with Gasteiger partial charge < -0.3 is 25.4 Å². The largest absolute Gasteiger partial charge is 0.494 e. The van der Waals surface area contributed by atoms with Gasteiger partial charge in [0.2, 0.25) is 0 Å². The van der Waals surface area contributed by atoms with Crippen LogP contribution in [0.25, 0.3) is 0 Å². The van der Waals surface area contributed by atoms with Crippen molar-refractivity contribution in [2.24, 2.45) is 5.73 Å². The van der Waals surface area contributed by atoms with Gasteiger partial charge in [-0.1, -0.05) is 12.1 Å². The first kappa shape index (κ1) is 23.7. The molecule has 1 rings (SSSR count). The first-order chi connectivity index (χ1) is 12.1. The first-order valence-electron chi connectivity index (χ1n) is 7.68. The highest BCUT2D eigenvalue weighted by atomic mass is 19.4. The molecule has 0 spiro atoms. The molecule has 4 N–H and O–H groups in total. The molecule has 0 aliphatic heterocycles. The number of ether oxygens (including phenoxy) is 2. The highest BCUT2D eigenvalue weighted by molar-refractivity contribution is 5.73. The number of hydrogen-bond donors (Lipinski definition) is 3.